The van der Waals surface area contributed by atoms with Gasteiger partial charge in [0.05, 0.1) is 0 Å². The highest BCUT2D eigenvalue weighted by atomic mass is 19.1. The van der Waals surface area contributed by atoms with Gasteiger partial charge >= 0.3 is 0 Å². The first-order chi connectivity index (χ1) is 7.13. The van der Waals surface area contributed by atoms with Crippen molar-refractivity contribution in [3.8, 4) is 0 Å². The first kappa shape index (κ1) is 12.1. The highest BCUT2D eigenvalue weighted by Crippen LogP contribution is 2.09. The van der Waals surface area contributed by atoms with Crippen molar-refractivity contribution in [3.63, 3.8) is 0 Å². The predicted molar refractivity (Wildman–Crippen MR) is 61.3 cm³/mol. The number of rotatable bonds is 5. The maximum absolute atomic E-state index is 12.9. The molecule has 0 bridgehead atoms. The molecule has 0 aromatic heterocycles. The number of halogens is 1. The van der Waals surface area contributed by atoms with Crippen LogP contribution in [-0.4, -0.2) is 31.1 Å². The molecule has 3 heteroatoms. The van der Waals surface area contributed by atoms with Crippen LogP contribution < -0.4 is 5.73 Å². The second kappa shape index (κ2) is 5.83. The van der Waals surface area contributed by atoms with Crippen molar-refractivity contribution in [1.29, 1.82) is 0 Å². The number of likely N-dealkylation sites (N-methyl/N-ethyl adjacent to an activating group) is 1. The largest absolute Gasteiger partial charge is 0.329 e. The summed E-state index contributed by atoms with van der Waals surface area (Å²) in [4.78, 5) is 2.19. The van der Waals surface area contributed by atoms with Gasteiger partial charge in [-0.25, -0.2) is 4.39 Å². The molecule has 1 unspecified atom stereocenters. The molecular weight excluding hydrogens is 191 g/mol. The van der Waals surface area contributed by atoms with Crippen molar-refractivity contribution < 1.29 is 4.39 Å². The Morgan fingerprint density at radius 1 is 1.47 bits per heavy atom. The van der Waals surface area contributed by atoms with Gasteiger partial charge in [0, 0.05) is 19.1 Å². The highest BCUT2D eigenvalue weighted by Gasteiger charge is 2.09. The molecule has 1 atom stereocenters. The lowest BCUT2D eigenvalue weighted by molar-refractivity contribution is 0.263. The molecule has 2 N–H and O–H groups in total. The molecule has 0 saturated carbocycles. The summed E-state index contributed by atoms with van der Waals surface area (Å²) in [6, 6.07) is 7.15. The second-order valence-electron chi connectivity index (χ2n) is 3.95. The average Bonchev–Trinajstić information content (AvgIpc) is 2.18. The van der Waals surface area contributed by atoms with Crippen LogP contribution >= 0.6 is 0 Å². The lowest BCUT2D eigenvalue weighted by Gasteiger charge is -2.24. The molecule has 0 aliphatic rings. The first-order valence-corrected chi connectivity index (χ1v) is 5.28. The van der Waals surface area contributed by atoms with Crippen LogP contribution in [0.5, 0.6) is 0 Å². The zero-order valence-corrected chi connectivity index (χ0v) is 9.41. The van der Waals surface area contributed by atoms with E-state index in [2.05, 4.69) is 11.8 Å². The SMILES string of the molecule is CC(Cc1cccc(F)c1)N(C)CCN. The van der Waals surface area contributed by atoms with Gasteiger partial charge in [0.15, 0.2) is 0 Å². The Kier molecular flexibility index (Phi) is 4.72. The molecule has 15 heavy (non-hydrogen) atoms. The molecule has 0 heterocycles. The molecule has 0 saturated heterocycles. The van der Waals surface area contributed by atoms with Crippen LogP contribution in [0.4, 0.5) is 4.39 Å². The molecule has 0 radical (unpaired) electrons. The molecule has 1 rings (SSSR count). The minimum absolute atomic E-state index is 0.166. The summed E-state index contributed by atoms with van der Waals surface area (Å²) < 4.78 is 12.9. The van der Waals surface area contributed by atoms with E-state index in [1.165, 1.54) is 6.07 Å². The summed E-state index contributed by atoms with van der Waals surface area (Å²) in [6.07, 6.45) is 0.855. The van der Waals surface area contributed by atoms with Gasteiger partial charge in [-0.3, -0.25) is 0 Å². The number of hydrogen-bond acceptors (Lipinski definition) is 2. The third kappa shape index (κ3) is 3.98. The average molecular weight is 210 g/mol. The highest BCUT2D eigenvalue weighted by molar-refractivity contribution is 5.17. The van der Waals surface area contributed by atoms with E-state index in [0.717, 1.165) is 18.5 Å². The van der Waals surface area contributed by atoms with Gasteiger partial charge in [0.25, 0.3) is 0 Å². The molecule has 0 amide bonds. The summed E-state index contributed by atoms with van der Waals surface area (Å²) in [5, 5.41) is 0. The number of nitrogens with two attached hydrogens (primary N) is 1. The van der Waals surface area contributed by atoms with Crippen molar-refractivity contribution in [3.05, 3.63) is 35.6 Å². The van der Waals surface area contributed by atoms with E-state index in [1.807, 2.05) is 13.1 Å². The third-order valence-electron chi connectivity index (χ3n) is 2.65. The van der Waals surface area contributed by atoms with Gasteiger partial charge in [-0.2, -0.15) is 0 Å². The van der Waals surface area contributed by atoms with E-state index in [-0.39, 0.29) is 5.82 Å². The van der Waals surface area contributed by atoms with E-state index in [4.69, 9.17) is 5.73 Å². The number of hydrogen-bond donors (Lipinski definition) is 1. The first-order valence-electron chi connectivity index (χ1n) is 5.28. The van der Waals surface area contributed by atoms with Gasteiger partial charge in [0.2, 0.25) is 0 Å². The summed E-state index contributed by atoms with van der Waals surface area (Å²) in [5.74, 6) is -0.166. The molecule has 0 aliphatic heterocycles. The predicted octanol–water partition coefficient (Wildman–Crippen LogP) is 1.65. The molecule has 1 aromatic rings. The fraction of sp³-hybridized carbons (Fsp3) is 0.500. The number of nitrogens with zero attached hydrogens (tertiary/aromatic N) is 1. The third-order valence-corrected chi connectivity index (χ3v) is 2.65. The quantitative estimate of drug-likeness (QED) is 0.800. The van der Waals surface area contributed by atoms with E-state index in [9.17, 15) is 4.39 Å². The fourth-order valence-electron chi connectivity index (χ4n) is 1.58. The van der Waals surface area contributed by atoms with Crippen molar-refractivity contribution in [2.75, 3.05) is 20.1 Å². The van der Waals surface area contributed by atoms with Crippen molar-refractivity contribution in [2.24, 2.45) is 5.73 Å². The van der Waals surface area contributed by atoms with Crippen LogP contribution in [0.2, 0.25) is 0 Å². The van der Waals surface area contributed by atoms with Gasteiger partial charge in [0.1, 0.15) is 5.82 Å². The Labute approximate surface area is 90.9 Å². The second-order valence-corrected chi connectivity index (χ2v) is 3.95. The maximum Gasteiger partial charge on any atom is 0.123 e. The normalized spacial score (nSPS) is 13.1. The fourth-order valence-corrected chi connectivity index (χ4v) is 1.58. The Morgan fingerprint density at radius 3 is 2.80 bits per heavy atom. The van der Waals surface area contributed by atoms with Crippen LogP contribution in [0.3, 0.4) is 0 Å². The minimum atomic E-state index is -0.166. The molecular formula is C12H19FN2. The van der Waals surface area contributed by atoms with Crippen LogP contribution in [0.15, 0.2) is 24.3 Å². The zero-order chi connectivity index (χ0) is 11.3. The zero-order valence-electron chi connectivity index (χ0n) is 9.41. The Morgan fingerprint density at radius 2 is 2.20 bits per heavy atom. The van der Waals surface area contributed by atoms with Gasteiger partial charge in [-0.1, -0.05) is 12.1 Å². The van der Waals surface area contributed by atoms with Crippen LogP contribution in [0, 0.1) is 5.82 Å². The topological polar surface area (TPSA) is 29.3 Å². The lowest BCUT2D eigenvalue weighted by Crippen LogP contribution is -2.34. The molecule has 84 valence electrons. The maximum atomic E-state index is 12.9. The van der Waals surface area contributed by atoms with Gasteiger partial charge in [-0.05, 0) is 38.1 Å². The van der Waals surface area contributed by atoms with Crippen molar-refractivity contribution in [1.82, 2.24) is 4.90 Å². The molecule has 2 nitrogen and oxygen atoms in total. The Bertz CT molecular complexity index is 301. The van der Waals surface area contributed by atoms with E-state index >= 15 is 0 Å². The van der Waals surface area contributed by atoms with Crippen LogP contribution in [-0.2, 0) is 6.42 Å². The Hall–Kier alpha value is -0.930. The van der Waals surface area contributed by atoms with E-state index < -0.39 is 0 Å². The van der Waals surface area contributed by atoms with Crippen LogP contribution in [0.25, 0.3) is 0 Å². The molecule has 0 aliphatic carbocycles. The molecule has 0 spiro atoms. The van der Waals surface area contributed by atoms with Crippen molar-refractivity contribution in [2.45, 2.75) is 19.4 Å². The van der Waals surface area contributed by atoms with E-state index in [1.54, 1.807) is 12.1 Å². The minimum Gasteiger partial charge on any atom is -0.329 e. The molecule has 0 fully saturated rings. The monoisotopic (exact) mass is 210 g/mol. The summed E-state index contributed by atoms with van der Waals surface area (Å²) in [7, 11) is 2.04. The standard InChI is InChI=1S/C12H19FN2/c1-10(15(2)7-6-14)8-11-4-3-5-12(13)9-11/h3-5,9-10H,6-8,14H2,1-2H3. The number of benzene rings is 1. The van der Waals surface area contributed by atoms with Gasteiger partial charge < -0.3 is 10.6 Å². The van der Waals surface area contributed by atoms with Crippen molar-refractivity contribution >= 4 is 0 Å². The smallest absolute Gasteiger partial charge is 0.123 e. The lowest BCUT2D eigenvalue weighted by atomic mass is 10.1. The van der Waals surface area contributed by atoms with Gasteiger partial charge in [-0.15, -0.1) is 0 Å². The molecule has 1 aromatic carbocycles. The van der Waals surface area contributed by atoms with Crippen LogP contribution in [0.1, 0.15) is 12.5 Å². The summed E-state index contributed by atoms with van der Waals surface area (Å²) in [5.41, 5.74) is 6.52. The Balaban J connectivity index is 2.54. The van der Waals surface area contributed by atoms with E-state index in [0.29, 0.717) is 12.6 Å². The summed E-state index contributed by atoms with van der Waals surface area (Å²) in [6.45, 7) is 3.65. The summed E-state index contributed by atoms with van der Waals surface area (Å²) >= 11 is 0.